The highest BCUT2D eigenvalue weighted by Crippen LogP contribution is 2.27. The molecule has 1 heterocycles. The Morgan fingerprint density at radius 3 is 2.32 bits per heavy atom. The normalized spacial score (nSPS) is 20.8. The van der Waals surface area contributed by atoms with Crippen LogP contribution in [0, 0.1) is 19.8 Å². The first-order valence-electron chi connectivity index (χ1n) is 11.0. The summed E-state index contributed by atoms with van der Waals surface area (Å²) in [6, 6.07) is 6.07. The summed E-state index contributed by atoms with van der Waals surface area (Å²) >= 11 is 0. The number of para-hydroxylation sites is 1. The van der Waals surface area contributed by atoms with E-state index in [2.05, 4.69) is 15.1 Å². The maximum Gasteiger partial charge on any atom is 0.238 e. The predicted molar refractivity (Wildman–Crippen MR) is 115 cm³/mol. The molecule has 2 fully saturated rings. The topological polar surface area (TPSA) is 55.8 Å². The van der Waals surface area contributed by atoms with Crippen molar-refractivity contribution in [1.29, 1.82) is 0 Å². The molecule has 1 saturated heterocycles. The number of aryl methyl sites for hydroxylation is 2. The van der Waals surface area contributed by atoms with Crippen molar-refractivity contribution in [2.24, 2.45) is 5.92 Å². The molecule has 28 heavy (non-hydrogen) atoms. The second-order valence-electron chi connectivity index (χ2n) is 8.79. The largest absolute Gasteiger partial charge is 0.392 e. The van der Waals surface area contributed by atoms with Crippen LogP contribution in [0.25, 0.3) is 0 Å². The van der Waals surface area contributed by atoms with E-state index in [4.69, 9.17) is 0 Å². The molecule has 1 amide bonds. The van der Waals surface area contributed by atoms with Gasteiger partial charge in [-0.1, -0.05) is 50.3 Å². The van der Waals surface area contributed by atoms with Crippen LogP contribution in [0.2, 0.25) is 0 Å². The van der Waals surface area contributed by atoms with E-state index < -0.39 is 0 Å². The van der Waals surface area contributed by atoms with Gasteiger partial charge in [0.1, 0.15) is 0 Å². The van der Waals surface area contributed by atoms with E-state index in [1.165, 1.54) is 32.1 Å². The number of hydrogen-bond acceptors (Lipinski definition) is 4. The lowest BCUT2D eigenvalue weighted by atomic mass is 9.85. The Morgan fingerprint density at radius 1 is 1.07 bits per heavy atom. The number of carbonyl (C=O) groups excluding carboxylic acids is 1. The average molecular weight is 388 g/mol. The summed E-state index contributed by atoms with van der Waals surface area (Å²) in [5.41, 5.74) is 3.15. The number of hydrogen-bond donors (Lipinski definition) is 2. The standard InChI is InChI=1S/C23H37N3O2/c1-18-7-6-8-19(2)23(18)24-22(28)17-26-13-11-25(12-14-26)16-21(27)15-20-9-4-3-5-10-20/h6-8,20-21,27H,3-5,9-17H2,1-2H3,(H,24,28). The van der Waals surface area contributed by atoms with Crippen molar-refractivity contribution in [3.63, 3.8) is 0 Å². The van der Waals surface area contributed by atoms with Crippen molar-refractivity contribution >= 4 is 11.6 Å². The fourth-order valence-corrected chi connectivity index (χ4v) is 4.70. The van der Waals surface area contributed by atoms with Gasteiger partial charge in [-0.25, -0.2) is 0 Å². The Hall–Kier alpha value is -1.43. The molecule has 1 aromatic rings. The minimum Gasteiger partial charge on any atom is -0.392 e. The molecule has 0 spiro atoms. The maximum absolute atomic E-state index is 12.5. The van der Waals surface area contributed by atoms with Gasteiger partial charge >= 0.3 is 0 Å². The number of piperazine rings is 1. The fourth-order valence-electron chi connectivity index (χ4n) is 4.70. The Morgan fingerprint density at radius 2 is 1.68 bits per heavy atom. The van der Waals surface area contributed by atoms with Gasteiger partial charge in [0.25, 0.3) is 0 Å². The van der Waals surface area contributed by atoms with Crippen LogP contribution in [0.4, 0.5) is 5.69 Å². The van der Waals surface area contributed by atoms with Gasteiger partial charge < -0.3 is 10.4 Å². The van der Waals surface area contributed by atoms with E-state index in [9.17, 15) is 9.90 Å². The lowest BCUT2D eigenvalue weighted by Crippen LogP contribution is -2.50. The molecule has 3 rings (SSSR count). The number of nitrogens with zero attached hydrogens (tertiary/aromatic N) is 2. The molecule has 1 aliphatic heterocycles. The number of amides is 1. The molecule has 0 aromatic heterocycles. The zero-order valence-electron chi connectivity index (χ0n) is 17.6. The van der Waals surface area contributed by atoms with E-state index in [0.29, 0.717) is 6.54 Å². The first-order chi connectivity index (χ1) is 13.5. The summed E-state index contributed by atoms with van der Waals surface area (Å²) in [5, 5.41) is 13.5. The van der Waals surface area contributed by atoms with Gasteiger partial charge in [0, 0.05) is 38.4 Å². The quantitative estimate of drug-likeness (QED) is 0.754. The van der Waals surface area contributed by atoms with Gasteiger partial charge in [-0.05, 0) is 37.3 Å². The van der Waals surface area contributed by atoms with Crippen LogP contribution in [-0.2, 0) is 4.79 Å². The number of β-amino-alcohol motifs (C(OH)–C–C–N with tert-alkyl or cyclic N) is 1. The third-order valence-electron chi connectivity index (χ3n) is 6.38. The minimum absolute atomic E-state index is 0.0585. The molecule has 1 atom stereocenters. The summed E-state index contributed by atoms with van der Waals surface area (Å²) in [6.07, 6.45) is 7.37. The minimum atomic E-state index is -0.207. The van der Waals surface area contributed by atoms with Crippen molar-refractivity contribution in [2.75, 3.05) is 44.6 Å². The van der Waals surface area contributed by atoms with Crippen LogP contribution < -0.4 is 5.32 Å². The lowest BCUT2D eigenvalue weighted by Gasteiger charge is -2.36. The molecule has 1 aromatic carbocycles. The number of carbonyl (C=O) groups is 1. The zero-order chi connectivity index (χ0) is 19.9. The van der Waals surface area contributed by atoms with E-state index in [1.54, 1.807) is 0 Å². The molecule has 2 aliphatic rings. The van der Waals surface area contributed by atoms with Crippen LogP contribution in [0.5, 0.6) is 0 Å². The summed E-state index contributed by atoms with van der Waals surface area (Å²) in [5.74, 6) is 0.779. The van der Waals surface area contributed by atoms with Crippen molar-refractivity contribution in [1.82, 2.24) is 9.80 Å². The second kappa shape index (κ2) is 10.4. The van der Waals surface area contributed by atoms with Crippen LogP contribution in [0.1, 0.15) is 49.7 Å². The van der Waals surface area contributed by atoms with Crippen LogP contribution in [-0.4, -0.2) is 66.2 Å². The molecule has 5 nitrogen and oxygen atoms in total. The van der Waals surface area contributed by atoms with Gasteiger partial charge in [0.15, 0.2) is 0 Å². The Bertz CT molecular complexity index is 614. The highest BCUT2D eigenvalue weighted by molar-refractivity contribution is 5.93. The predicted octanol–water partition coefficient (Wildman–Crippen LogP) is 3.19. The Kier molecular flexibility index (Phi) is 7.89. The average Bonchev–Trinajstić information content (AvgIpc) is 2.67. The number of rotatable bonds is 7. The number of nitrogens with one attached hydrogen (secondary N) is 1. The van der Waals surface area contributed by atoms with Crippen molar-refractivity contribution < 1.29 is 9.90 Å². The first-order valence-corrected chi connectivity index (χ1v) is 11.0. The number of benzene rings is 1. The highest BCUT2D eigenvalue weighted by atomic mass is 16.3. The summed E-state index contributed by atoms with van der Waals surface area (Å²) < 4.78 is 0. The summed E-state index contributed by atoms with van der Waals surface area (Å²) in [6.45, 7) is 8.90. The maximum atomic E-state index is 12.5. The zero-order valence-corrected chi connectivity index (χ0v) is 17.6. The molecule has 156 valence electrons. The highest BCUT2D eigenvalue weighted by Gasteiger charge is 2.23. The molecule has 5 heteroatoms. The number of aliphatic hydroxyl groups is 1. The monoisotopic (exact) mass is 387 g/mol. The van der Waals surface area contributed by atoms with E-state index >= 15 is 0 Å². The number of aliphatic hydroxyl groups excluding tert-OH is 1. The van der Waals surface area contributed by atoms with Gasteiger partial charge in [0.05, 0.1) is 12.6 Å². The molecule has 1 saturated carbocycles. The smallest absolute Gasteiger partial charge is 0.238 e. The van der Waals surface area contributed by atoms with E-state index in [0.717, 1.165) is 61.9 Å². The van der Waals surface area contributed by atoms with E-state index in [-0.39, 0.29) is 12.0 Å². The van der Waals surface area contributed by atoms with Gasteiger partial charge in [0.2, 0.25) is 5.91 Å². The van der Waals surface area contributed by atoms with Crippen LogP contribution in [0.15, 0.2) is 18.2 Å². The SMILES string of the molecule is Cc1cccc(C)c1NC(=O)CN1CCN(CC(O)CC2CCCCC2)CC1. The van der Waals surface area contributed by atoms with Gasteiger partial charge in [-0.15, -0.1) is 0 Å². The lowest BCUT2D eigenvalue weighted by molar-refractivity contribution is -0.117. The van der Waals surface area contributed by atoms with Crippen molar-refractivity contribution in [3.05, 3.63) is 29.3 Å². The van der Waals surface area contributed by atoms with Crippen molar-refractivity contribution in [2.45, 2.75) is 58.5 Å². The molecule has 1 aliphatic carbocycles. The first kappa shape index (κ1) is 21.3. The molecule has 0 radical (unpaired) electrons. The molecule has 0 bridgehead atoms. The molecule has 2 N–H and O–H groups in total. The molecular weight excluding hydrogens is 350 g/mol. The number of anilines is 1. The Labute approximate surface area is 170 Å². The molecule has 1 unspecified atom stereocenters. The third kappa shape index (κ3) is 6.29. The van der Waals surface area contributed by atoms with Crippen LogP contribution in [0.3, 0.4) is 0 Å². The van der Waals surface area contributed by atoms with E-state index in [1.807, 2.05) is 32.0 Å². The second-order valence-corrected chi connectivity index (χ2v) is 8.79. The van der Waals surface area contributed by atoms with Gasteiger partial charge in [-0.3, -0.25) is 14.6 Å². The van der Waals surface area contributed by atoms with Crippen molar-refractivity contribution in [3.8, 4) is 0 Å². The molecular formula is C23H37N3O2. The fraction of sp³-hybridized carbons (Fsp3) is 0.696. The summed E-state index contributed by atoms with van der Waals surface area (Å²) in [4.78, 5) is 17.0. The third-order valence-corrected chi connectivity index (χ3v) is 6.38. The van der Waals surface area contributed by atoms with Gasteiger partial charge in [-0.2, -0.15) is 0 Å². The Balaban J connectivity index is 1.37. The summed E-state index contributed by atoms with van der Waals surface area (Å²) in [7, 11) is 0. The van der Waals surface area contributed by atoms with Crippen LogP contribution >= 0.6 is 0 Å².